The lowest BCUT2D eigenvalue weighted by molar-refractivity contribution is 0.152. The summed E-state index contributed by atoms with van der Waals surface area (Å²) in [7, 11) is 1.55. The van der Waals surface area contributed by atoms with Crippen LogP contribution in [-0.4, -0.2) is 18.4 Å². The second-order valence-electron chi connectivity index (χ2n) is 3.62. The monoisotopic (exact) mass is 260 g/mol. The third-order valence-electron chi connectivity index (χ3n) is 2.30. The first kappa shape index (κ1) is 12.8. The molecular formula is C14H12O5. The van der Waals surface area contributed by atoms with Gasteiger partial charge in [-0.25, -0.2) is 4.79 Å². The minimum absolute atomic E-state index is 0.0934. The second-order valence-corrected chi connectivity index (χ2v) is 3.62. The molecule has 0 aliphatic rings. The van der Waals surface area contributed by atoms with Crippen molar-refractivity contribution in [3.63, 3.8) is 0 Å². The van der Waals surface area contributed by atoms with Crippen LogP contribution in [0.3, 0.4) is 0 Å². The maximum Gasteiger partial charge on any atom is 0.519 e. The van der Waals surface area contributed by atoms with Gasteiger partial charge >= 0.3 is 6.16 Å². The van der Waals surface area contributed by atoms with E-state index in [0.717, 1.165) is 0 Å². The average molecular weight is 260 g/mol. The first-order valence-corrected chi connectivity index (χ1v) is 5.50. The molecule has 0 spiro atoms. The van der Waals surface area contributed by atoms with Crippen molar-refractivity contribution in [2.24, 2.45) is 0 Å². The molecule has 98 valence electrons. The number of phenolic OH excluding ortho intramolecular Hbond substituents is 1. The van der Waals surface area contributed by atoms with Crippen molar-refractivity contribution >= 4 is 6.16 Å². The maximum absolute atomic E-state index is 11.5. The first-order valence-electron chi connectivity index (χ1n) is 5.50. The van der Waals surface area contributed by atoms with E-state index in [4.69, 9.17) is 19.3 Å². The van der Waals surface area contributed by atoms with Crippen LogP contribution >= 0.6 is 0 Å². The fourth-order valence-electron chi connectivity index (χ4n) is 1.37. The lowest BCUT2D eigenvalue weighted by Gasteiger charge is -2.06. The molecule has 0 atom stereocenters. The molecule has 2 rings (SSSR count). The summed E-state index contributed by atoms with van der Waals surface area (Å²) >= 11 is 0. The van der Waals surface area contributed by atoms with Crippen LogP contribution in [0.1, 0.15) is 0 Å². The van der Waals surface area contributed by atoms with Crippen LogP contribution in [0.4, 0.5) is 4.79 Å². The molecule has 0 bridgehead atoms. The van der Waals surface area contributed by atoms with Gasteiger partial charge in [-0.15, -0.1) is 0 Å². The molecule has 0 heterocycles. The number of phenols is 1. The van der Waals surface area contributed by atoms with E-state index in [9.17, 15) is 4.79 Å². The molecule has 0 radical (unpaired) electrons. The Morgan fingerprint density at radius 1 is 0.842 bits per heavy atom. The minimum atomic E-state index is -0.851. The Hall–Kier alpha value is -2.69. The average Bonchev–Trinajstić information content (AvgIpc) is 2.42. The SMILES string of the molecule is COc1ccc(OC(=O)Oc2ccc(O)cc2)cc1. The molecule has 0 aromatic heterocycles. The van der Waals surface area contributed by atoms with Gasteiger partial charge in [-0.05, 0) is 48.5 Å². The van der Waals surface area contributed by atoms with Crippen LogP contribution in [0, 0.1) is 0 Å². The van der Waals surface area contributed by atoms with Crippen molar-refractivity contribution in [3.05, 3.63) is 48.5 Å². The van der Waals surface area contributed by atoms with E-state index in [2.05, 4.69) is 0 Å². The summed E-state index contributed by atoms with van der Waals surface area (Å²) in [6, 6.07) is 12.3. The Balaban J connectivity index is 1.95. The largest absolute Gasteiger partial charge is 0.519 e. The van der Waals surface area contributed by atoms with Gasteiger partial charge in [0.15, 0.2) is 0 Å². The van der Waals surface area contributed by atoms with Gasteiger partial charge in [0.1, 0.15) is 23.0 Å². The molecule has 19 heavy (non-hydrogen) atoms. The normalized spacial score (nSPS) is 9.74. The highest BCUT2D eigenvalue weighted by atomic mass is 16.7. The second kappa shape index (κ2) is 5.77. The topological polar surface area (TPSA) is 65.0 Å². The molecule has 0 unspecified atom stereocenters. The number of hydrogen-bond acceptors (Lipinski definition) is 5. The smallest absolute Gasteiger partial charge is 0.508 e. The number of hydrogen-bond donors (Lipinski definition) is 1. The molecule has 0 saturated carbocycles. The highest BCUT2D eigenvalue weighted by molar-refractivity contribution is 5.67. The summed E-state index contributed by atoms with van der Waals surface area (Å²) in [4.78, 5) is 11.5. The number of rotatable bonds is 3. The minimum Gasteiger partial charge on any atom is -0.508 e. The fraction of sp³-hybridized carbons (Fsp3) is 0.0714. The molecule has 0 fully saturated rings. The van der Waals surface area contributed by atoms with Crippen molar-refractivity contribution in [2.75, 3.05) is 7.11 Å². The number of methoxy groups -OCH3 is 1. The Labute approximate surface area is 110 Å². The van der Waals surface area contributed by atoms with E-state index in [0.29, 0.717) is 11.5 Å². The Morgan fingerprint density at radius 3 is 1.74 bits per heavy atom. The fourth-order valence-corrected chi connectivity index (χ4v) is 1.37. The number of benzene rings is 2. The van der Waals surface area contributed by atoms with Gasteiger partial charge in [0.05, 0.1) is 7.11 Å². The van der Waals surface area contributed by atoms with Crippen LogP contribution in [-0.2, 0) is 0 Å². The van der Waals surface area contributed by atoms with Crippen LogP contribution in [0.25, 0.3) is 0 Å². The summed E-state index contributed by atoms with van der Waals surface area (Å²) in [5.41, 5.74) is 0. The zero-order valence-electron chi connectivity index (χ0n) is 10.2. The predicted molar refractivity (Wildman–Crippen MR) is 67.8 cm³/mol. The Kier molecular flexibility index (Phi) is 3.87. The molecule has 5 nitrogen and oxygen atoms in total. The predicted octanol–water partition coefficient (Wildman–Crippen LogP) is 2.98. The van der Waals surface area contributed by atoms with Gasteiger partial charge in [-0.2, -0.15) is 0 Å². The summed E-state index contributed by atoms with van der Waals surface area (Å²) < 4.78 is 14.9. The van der Waals surface area contributed by atoms with Crippen molar-refractivity contribution in [3.8, 4) is 23.0 Å². The molecule has 2 aromatic rings. The highest BCUT2D eigenvalue weighted by Gasteiger charge is 2.07. The lowest BCUT2D eigenvalue weighted by atomic mass is 10.3. The van der Waals surface area contributed by atoms with Crippen LogP contribution in [0.5, 0.6) is 23.0 Å². The zero-order valence-corrected chi connectivity index (χ0v) is 10.2. The third kappa shape index (κ3) is 3.64. The number of aromatic hydroxyl groups is 1. The van der Waals surface area contributed by atoms with Gasteiger partial charge in [-0.3, -0.25) is 0 Å². The zero-order chi connectivity index (χ0) is 13.7. The summed E-state index contributed by atoms with van der Waals surface area (Å²) in [5.74, 6) is 1.40. The van der Waals surface area contributed by atoms with Crippen molar-refractivity contribution in [1.82, 2.24) is 0 Å². The Bertz CT molecular complexity index is 545. The number of ether oxygens (including phenoxy) is 3. The summed E-state index contributed by atoms with van der Waals surface area (Å²) in [5, 5.41) is 9.09. The molecule has 2 aromatic carbocycles. The van der Waals surface area contributed by atoms with Gasteiger partial charge in [0, 0.05) is 0 Å². The number of carbonyl (C=O) groups is 1. The molecule has 5 heteroatoms. The van der Waals surface area contributed by atoms with Crippen molar-refractivity contribution < 1.29 is 24.1 Å². The van der Waals surface area contributed by atoms with Crippen LogP contribution < -0.4 is 14.2 Å². The molecular weight excluding hydrogens is 248 g/mol. The van der Waals surface area contributed by atoms with Crippen LogP contribution in [0.2, 0.25) is 0 Å². The first-order chi connectivity index (χ1) is 9.17. The highest BCUT2D eigenvalue weighted by Crippen LogP contribution is 2.19. The molecule has 0 saturated heterocycles. The van der Waals surface area contributed by atoms with Gasteiger partial charge in [0.25, 0.3) is 0 Å². The van der Waals surface area contributed by atoms with E-state index >= 15 is 0 Å². The maximum atomic E-state index is 11.5. The van der Waals surface area contributed by atoms with Gasteiger partial charge < -0.3 is 19.3 Å². The van der Waals surface area contributed by atoms with Gasteiger partial charge in [-0.1, -0.05) is 0 Å². The van der Waals surface area contributed by atoms with Crippen molar-refractivity contribution in [2.45, 2.75) is 0 Å². The van der Waals surface area contributed by atoms with E-state index in [1.54, 1.807) is 31.4 Å². The molecule has 0 aliphatic carbocycles. The molecule has 1 N–H and O–H groups in total. The van der Waals surface area contributed by atoms with E-state index in [1.165, 1.54) is 24.3 Å². The quantitative estimate of drug-likeness (QED) is 0.679. The van der Waals surface area contributed by atoms with E-state index in [1.807, 2.05) is 0 Å². The van der Waals surface area contributed by atoms with Crippen LogP contribution in [0.15, 0.2) is 48.5 Å². The summed E-state index contributed by atoms with van der Waals surface area (Å²) in [6.07, 6.45) is -0.851. The number of carbonyl (C=O) groups excluding carboxylic acids is 1. The van der Waals surface area contributed by atoms with Crippen molar-refractivity contribution in [1.29, 1.82) is 0 Å². The van der Waals surface area contributed by atoms with E-state index in [-0.39, 0.29) is 11.5 Å². The standard InChI is InChI=1S/C14H12O5/c1-17-11-6-8-13(9-7-11)19-14(16)18-12-4-2-10(15)3-5-12/h2-9,15H,1H3. The third-order valence-corrected chi connectivity index (χ3v) is 2.30. The van der Waals surface area contributed by atoms with E-state index < -0.39 is 6.16 Å². The molecule has 0 aliphatic heterocycles. The Morgan fingerprint density at radius 2 is 1.26 bits per heavy atom. The summed E-state index contributed by atoms with van der Waals surface area (Å²) in [6.45, 7) is 0. The lowest BCUT2D eigenvalue weighted by Crippen LogP contribution is -2.13. The molecule has 0 amide bonds. The van der Waals surface area contributed by atoms with Gasteiger partial charge in [0.2, 0.25) is 0 Å².